The number of unbranched alkanes of at least 4 members (excludes halogenated alkanes) is 1. The van der Waals surface area contributed by atoms with Gasteiger partial charge in [-0.3, -0.25) is 9.69 Å². The van der Waals surface area contributed by atoms with E-state index in [1.807, 2.05) is 6.92 Å². The van der Waals surface area contributed by atoms with E-state index >= 15 is 0 Å². The number of hydrogen-bond acceptors (Lipinski definition) is 3. The monoisotopic (exact) mass is 270 g/mol. The van der Waals surface area contributed by atoms with Gasteiger partial charge in [0.2, 0.25) is 0 Å². The predicted octanol–water partition coefficient (Wildman–Crippen LogP) is 2.48. The van der Waals surface area contributed by atoms with Crippen LogP contribution in [0, 0.1) is 0 Å². The number of aliphatic carboxylic acids is 1. The van der Waals surface area contributed by atoms with Gasteiger partial charge in [0.05, 0.1) is 0 Å². The number of rotatable bonds is 10. The molecule has 0 heterocycles. The smallest absolute Gasteiger partial charge is 0.323 e. The summed E-state index contributed by atoms with van der Waals surface area (Å²) in [6.45, 7) is 9.93. The van der Waals surface area contributed by atoms with Crippen LogP contribution >= 0.6 is 0 Å². The molecule has 0 aliphatic heterocycles. The largest absolute Gasteiger partial charge is 0.480 e. The van der Waals surface area contributed by atoms with Crippen LogP contribution in [0.1, 0.15) is 59.8 Å². The molecule has 0 saturated heterocycles. The summed E-state index contributed by atoms with van der Waals surface area (Å²) in [6.07, 6.45) is 5.61. The molecule has 0 bridgehead atoms. The highest BCUT2D eigenvalue weighted by atomic mass is 16.4. The fourth-order valence-electron chi connectivity index (χ4n) is 2.84. The van der Waals surface area contributed by atoms with E-state index in [0.29, 0.717) is 25.0 Å². The molecule has 0 spiro atoms. The first kappa shape index (κ1) is 16.4. The van der Waals surface area contributed by atoms with Crippen molar-refractivity contribution >= 4 is 5.97 Å². The Hall–Kier alpha value is -0.610. The Labute approximate surface area is 117 Å². The minimum atomic E-state index is -0.812. The number of carboxylic acids is 1. The van der Waals surface area contributed by atoms with E-state index in [1.165, 1.54) is 25.7 Å². The number of likely N-dealkylation sites (N-methyl/N-ethyl adjacent to an activating group) is 1. The normalized spacial score (nSPS) is 20.3. The van der Waals surface area contributed by atoms with Gasteiger partial charge in [-0.2, -0.15) is 0 Å². The van der Waals surface area contributed by atoms with E-state index in [4.69, 9.17) is 0 Å². The average Bonchev–Trinajstić information content (AvgIpc) is 3.14. The maximum atomic E-state index is 11.5. The molecule has 112 valence electrons. The van der Waals surface area contributed by atoms with E-state index in [2.05, 4.69) is 24.1 Å². The van der Waals surface area contributed by atoms with E-state index in [9.17, 15) is 9.90 Å². The molecule has 0 aromatic carbocycles. The summed E-state index contributed by atoms with van der Waals surface area (Å²) >= 11 is 0. The minimum Gasteiger partial charge on any atom is -0.480 e. The van der Waals surface area contributed by atoms with Gasteiger partial charge >= 0.3 is 5.97 Å². The highest BCUT2D eigenvalue weighted by Gasteiger charge is 2.38. The fourth-order valence-corrected chi connectivity index (χ4v) is 2.84. The van der Waals surface area contributed by atoms with E-state index in [0.717, 1.165) is 6.54 Å². The standard InChI is InChI=1S/C15H30N2O2/c1-5-7-10-17(13-8-9-13)12(3)11-15(4,14(18)19)16-6-2/h12-13,16H,5-11H2,1-4H3,(H,18,19). The second-order valence-corrected chi connectivity index (χ2v) is 6.04. The molecule has 2 N–H and O–H groups in total. The van der Waals surface area contributed by atoms with Gasteiger partial charge in [0.1, 0.15) is 5.54 Å². The van der Waals surface area contributed by atoms with Crippen molar-refractivity contribution in [3.63, 3.8) is 0 Å². The lowest BCUT2D eigenvalue weighted by Gasteiger charge is -2.35. The van der Waals surface area contributed by atoms with Crippen molar-refractivity contribution in [1.29, 1.82) is 0 Å². The van der Waals surface area contributed by atoms with Gasteiger partial charge < -0.3 is 10.4 Å². The Morgan fingerprint density at radius 3 is 2.53 bits per heavy atom. The molecule has 19 heavy (non-hydrogen) atoms. The van der Waals surface area contributed by atoms with Gasteiger partial charge in [-0.15, -0.1) is 0 Å². The summed E-state index contributed by atoms with van der Waals surface area (Å²) < 4.78 is 0. The third-order valence-corrected chi connectivity index (χ3v) is 4.09. The van der Waals surface area contributed by atoms with Crippen LogP contribution in [-0.2, 0) is 4.79 Å². The highest BCUT2D eigenvalue weighted by Crippen LogP contribution is 2.31. The van der Waals surface area contributed by atoms with Crippen molar-refractivity contribution in [2.75, 3.05) is 13.1 Å². The summed E-state index contributed by atoms with van der Waals surface area (Å²) in [5.41, 5.74) is -0.812. The first-order chi connectivity index (χ1) is 8.94. The molecule has 1 saturated carbocycles. The Bertz CT molecular complexity index is 292. The van der Waals surface area contributed by atoms with Crippen LogP contribution in [0.25, 0.3) is 0 Å². The summed E-state index contributed by atoms with van der Waals surface area (Å²) in [4.78, 5) is 14.0. The molecule has 1 aliphatic carbocycles. The summed E-state index contributed by atoms with van der Waals surface area (Å²) in [5.74, 6) is -0.743. The van der Waals surface area contributed by atoms with Crippen LogP contribution in [0.5, 0.6) is 0 Å². The third kappa shape index (κ3) is 4.77. The summed E-state index contributed by atoms with van der Waals surface area (Å²) in [7, 11) is 0. The predicted molar refractivity (Wildman–Crippen MR) is 78.4 cm³/mol. The molecule has 0 aromatic rings. The van der Waals surface area contributed by atoms with Crippen LogP contribution in [0.15, 0.2) is 0 Å². The first-order valence-electron chi connectivity index (χ1n) is 7.68. The molecule has 0 amide bonds. The van der Waals surface area contributed by atoms with Crippen molar-refractivity contribution in [3.8, 4) is 0 Å². The number of hydrogen-bond donors (Lipinski definition) is 2. The molecule has 1 rings (SSSR count). The lowest BCUT2D eigenvalue weighted by molar-refractivity contribution is -0.145. The maximum Gasteiger partial charge on any atom is 0.323 e. The Balaban J connectivity index is 2.62. The van der Waals surface area contributed by atoms with Crippen LogP contribution in [0.3, 0.4) is 0 Å². The Morgan fingerprint density at radius 2 is 2.11 bits per heavy atom. The van der Waals surface area contributed by atoms with Gasteiger partial charge in [0, 0.05) is 12.1 Å². The SMILES string of the molecule is CCCCN(C(C)CC(C)(NCC)C(=O)O)C1CC1. The third-order valence-electron chi connectivity index (χ3n) is 4.09. The van der Waals surface area contributed by atoms with Gasteiger partial charge in [-0.25, -0.2) is 0 Å². The van der Waals surface area contributed by atoms with Crippen molar-refractivity contribution < 1.29 is 9.90 Å². The minimum absolute atomic E-state index is 0.319. The summed E-state index contributed by atoms with van der Waals surface area (Å²) in [6, 6.07) is 1.01. The lowest BCUT2D eigenvalue weighted by Crippen LogP contribution is -2.53. The lowest BCUT2D eigenvalue weighted by atomic mass is 9.92. The quantitative estimate of drug-likeness (QED) is 0.640. The van der Waals surface area contributed by atoms with Gasteiger partial charge in [0.25, 0.3) is 0 Å². The van der Waals surface area contributed by atoms with Gasteiger partial charge in [-0.05, 0) is 52.6 Å². The second kappa shape index (κ2) is 7.25. The Kier molecular flexibility index (Phi) is 6.27. The highest BCUT2D eigenvalue weighted by molar-refractivity contribution is 5.78. The number of carboxylic acid groups (broad SMARTS) is 1. The van der Waals surface area contributed by atoms with Crippen LogP contribution in [0.4, 0.5) is 0 Å². The molecule has 2 unspecified atom stereocenters. The molecule has 1 aliphatic rings. The molecule has 4 heteroatoms. The molecular formula is C15H30N2O2. The fraction of sp³-hybridized carbons (Fsp3) is 0.933. The van der Waals surface area contributed by atoms with Gasteiger partial charge in [-0.1, -0.05) is 20.3 Å². The zero-order valence-electron chi connectivity index (χ0n) is 12.9. The molecular weight excluding hydrogens is 240 g/mol. The molecule has 1 fully saturated rings. The van der Waals surface area contributed by atoms with E-state index in [1.54, 1.807) is 6.92 Å². The zero-order chi connectivity index (χ0) is 14.5. The van der Waals surface area contributed by atoms with Crippen LogP contribution in [-0.4, -0.2) is 46.7 Å². The maximum absolute atomic E-state index is 11.5. The van der Waals surface area contributed by atoms with Crippen molar-refractivity contribution in [3.05, 3.63) is 0 Å². The number of nitrogens with one attached hydrogen (secondary N) is 1. The zero-order valence-corrected chi connectivity index (χ0v) is 12.9. The first-order valence-corrected chi connectivity index (χ1v) is 7.68. The van der Waals surface area contributed by atoms with Crippen molar-refractivity contribution in [1.82, 2.24) is 10.2 Å². The molecule has 2 atom stereocenters. The van der Waals surface area contributed by atoms with Crippen LogP contribution < -0.4 is 5.32 Å². The van der Waals surface area contributed by atoms with E-state index in [-0.39, 0.29) is 0 Å². The molecule has 0 aromatic heterocycles. The average molecular weight is 270 g/mol. The summed E-state index contributed by atoms with van der Waals surface area (Å²) in [5, 5.41) is 12.6. The van der Waals surface area contributed by atoms with E-state index < -0.39 is 11.5 Å². The molecule has 4 nitrogen and oxygen atoms in total. The van der Waals surface area contributed by atoms with Crippen molar-refractivity contribution in [2.45, 2.75) is 77.4 Å². The van der Waals surface area contributed by atoms with Gasteiger partial charge in [0.15, 0.2) is 0 Å². The molecule has 0 radical (unpaired) electrons. The van der Waals surface area contributed by atoms with Crippen LogP contribution in [0.2, 0.25) is 0 Å². The van der Waals surface area contributed by atoms with Crippen molar-refractivity contribution in [2.24, 2.45) is 0 Å². The second-order valence-electron chi connectivity index (χ2n) is 6.04. The number of carbonyl (C=O) groups is 1. The number of nitrogens with zero attached hydrogens (tertiary/aromatic N) is 1. The topological polar surface area (TPSA) is 52.6 Å². The Morgan fingerprint density at radius 1 is 1.47 bits per heavy atom.